The van der Waals surface area contributed by atoms with Crippen LogP contribution in [0.2, 0.25) is 0 Å². The van der Waals surface area contributed by atoms with E-state index in [-0.39, 0.29) is 5.56 Å². The fourth-order valence-electron chi connectivity index (χ4n) is 1.08. The summed E-state index contributed by atoms with van der Waals surface area (Å²) < 4.78 is 1.43. The number of hydrogen-bond acceptors (Lipinski definition) is 3. The second-order valence-corrected chi connectivity index (χ2v) is 2.46. The lowest BCUT2D eigenvalue weighted by Gasteiger charge is -1.96. The number of nitrogens with zero attached hydrogens (tertiary/aromatic N) is 2. The lowest BCUT2D eigenvalue weighted by atomic mass is 10.4. The second kappa shape index (κ2) is 2.46. The summed E-state index contributed by atoms with van der Waals surface area (Å²) in [6.45, 7) is 0.318. The van der Waals surface area contributed by atoms with Gasteiger partial charge in [-0.15, -0.1) is 0 Å². The van der Waals surface area contributed by atoms with E-state index in [2.05, 4.69) is 9.97 Å². The van der Waals surface area contributed by atoms with E-state index in [0.29, 0.717) is 18.0 Å². The normalized spacial score (nSPS) is 10.8. The minimum atomic E-state index is -0.110. The van der Waals surface area contributed by atoms with Crippen LogP contribution >= 0.6 is 0 Å². The van der Waals surface area contributed by atoms with Gasteiger partial charge in [-0.3, -0.25) is 9.20 Å². The molecule has 0 aliphatic heterocycles. The maximum atomic E-state index is 11.3. The van der Waals surface area contributed by atoms with E-state index < -0.39 is 0 Å². The van der Waals surface area contributed by atoms with Crippen molar-refractivity contribution in [2.45, 2.75) is 6.54 Å². The molecule has 0 saturated heterocycles. The fraction of sp³-hybridized carbons (Fsp3) is 0.143. The Morgan fingerprint density at radius 1 is 1.67 bits per heavy atom. The smallest absolute Gasteiger partial charge is 0.259 e. The summed E-state index contributed by atoms with van der Waals surface area (Å²) in [6, 6.07) is 1.47. The molecule has 2 aromatic heterocycles. The third-order valence-electron chi connectivity index (χ3n) is 1.67. The van der Waals surface area contributed by atoms with Crippen LogP contribution in [-0.2, 0) is 6.54 Å². The zero-order chi connectivity index (χ0) is 8.55. The van der Waals surface area contributed by atoms with Crippen LogP contribution in [-0.4, -0.2) is 14.4 Å². The van der Waals surface area contributed by atoms with Gasteiger partial charge in [0.1, 0.15) is 0 Å². The molecule has 0 amide bonds. The largest absolute Gasteiger partial charge is 0.327 e. The highest BCUT2D eigenvalue weighted by Gasteiger charge is 1.98. The van der Waals surface area contributed by atoms with Crippen molar-refractivity contribution in [1.82, 2.24) is 14.4 Å². The fourth-order valence-corrected chi connectivity index (χ4v) is 1.08. The van der Waals surface area contributed by atoms with E-state index in [1.807, 2.05) is 0 Å². The monoisotopic (exact) mass is 164 g/mol. The first-order valence-corrected chi connectivity index (χ1v) is 3.56. The summed E-state index contributed by atoms with van der Waals surface area (Å²) >= 11 is 0. The number of rotatable bonds is 1. The molecule has 3 N–H and O–H groups in total. The van der Waals surface area contributed by atoms with Crippen molar-refractivity contribution in [3.63, 3.8) is 0 Å². The average molecular weight is 164 g/mol. The standard InChI is InChI=1S/C7H8N4O/c8-4-5-3-6(12)11-2-1-9-7(11)10-5/h1-3H,4,8H2,(H,9,10). The van der Waals surface area contributed by atoms with E-state index in [0.717, 1.165) is 0 Å². The molecule has 0 spiro atoms. The number of aromatic amines is 1. The molecule has 0 fully saturated rings. The average Bonchev–Trinajstić information content (AvgIpc) is 2.52. The molecule has 62 valence electrons. The number of nitrogens with two attached hydrogens (primary N) is 1. The summed E-state index contributed by atoms with van der Waals surface area (Å²) in [6.07, 6.45) is 3.17. The van der Waals surface area contributed by atoms with Crippen LogP contribution in [0.15, 0.2) is 23.3 Å². The topological polar surface area (TPSA) is 76.2 Å². The maximum Gasteiger partial charge on any atom is 0.259 e. The summed E-state index contributed by atoms with van der Waals surface area (Å²) in [4.78, 5) is 18.1. The minimum absolute atomic E-state index is 0.110. The van der Waals surface area contributed by atoms with Gasteiger partial charge in [0.25, 0.3) is 5.56 Å². The van der Waals surface area contributed by atoms with E-state index in [4.69, 9.17) is 5.73 Å². The van der Waals surface area contributed by atoms with Gasteiger partial charge in [0, 0.05) is 30.7 Å². The molecule has 0 aliphatic rings. The van der Waals surface area contributed by atoms with Crippen LogP contribution in [0.25, 0.3) is 5.78 Å². The van der Waals surface area contributed by atoms with Crippen LogP contribution in [0.1, 0.15) is 5.69 Å². The molecule has 0 aliphatic carbocycles. The summed E-state index contributed by atoms with van der Waals surface area (Å²) in [5.41, 5.74) is 5.96. The number of H-pyrrole nitrogens is 1. The van der Waals surface area contributed by atoms with Crippen molar-refractivity contribution < 1.29 is 0 Å². The molecule has 2 heterocycles. The first-order chi connectivity index (χ1) is 5.81. The molecule has 5 heteroatoms. The van der Waals surface area contributed by atoms with Crippen LogP contribution in [0, 0.1) is 0 Å². The van der Waals surface area contributed by atoms with Crippen molar-refractivity contribution in [1.29, 1.82) is 0 Å². The van der Waals surface area contributed by atoms with Gasteiger partial charge in [-0.1, -0.05) is 0 Å². The van der Waals surface area contributed by atoms with E-state index in [9.17, 15) is 4.79 Å². The Labute approximate surface area is 67.9 Å². The zero-order valence-corrected chi connectivity index (χ0v) is 6.32. The van der Waals surface area contributed by atoms with E-state index in [1.54, 1.807) is 12.4 Å². The SMILES string of the molecule is NCc1cc(=O)n2ccnc2[nH]1. The third kappa shape index (κ3) is 0.911. The molecule has 0 saturated carbocycles. The van der Waals surface area contributed by atoms with Crippen molar-refractivity contribution in [3.05, 3.63) is 34.5 Å². The van der Waals surface area contributed by atoms with Crippen molar-refractivity contribution >= 4 is 5.78 Å². The number of imidazole rings is 1. The van der Waals surface area contributed by atoms with Crippen LogP contribution in [0.5, 0.6) is 0 Å². The quantitative estimate of drug-likeness (QED) is 0.595. The number of nitrogens with one attached hydrogen (secondary N) is 1. The number of hydrogen-bond donors (Lipinski definition) is 2. The third-order valence-corrected chi connectivity index (χ3v) is 1.67. The Balaban J connectivity index is 2.84. The van der Waals surface area contributed by atoms with Gasteiger partial charge in [-0.2, -0.15) is 0 Å². The van der Waals surface area contributed by atoms with Gasteiger partial charge in [-0.25, -0.2) is 4.98 Å². The van der Waals surface area contributed by atoms with Gasteiger partial charge in [-0.05, 0) is 0 Å². The Kier molecular flexibility index (Phi) is 1.44. The van der Waals surface area contributed by atoms with Gasteiger partial charge in [0.05, 0.1) is 0 Å². The van der Waals surface area contributed by atoms with Crippen LogP contribution < -0.4 is 11.3 Å². The summed E-state index contributed by atoms with van der Waals surface area (Å²) in [5.74, 6) is 0.531. The van der Waals surface area contributed by atoms with Gasteiger partial charge in [0.2, 0.25) is 5.78 Å². The molecule has 0 radical (unpaired) electrons. The molecule has 5 nitrogen and oxygen atoms in total. The highest BCUT2D eigenvalue weighted by molar-refractivity contribution is 5.28. The molecular formula is C7H8N4O. The van der Waals surface area contributed by atoms with Crippen molar-refractivity contribution in [2.24, 2.45) is 5.73 Å². The molecule has 0 atom stereocenters. The maximum absolute atomic E-state index is 11.3. The Hall–Kier alpha value is -1.62. The molecule has 12 heavy (non-hydrogen) atoms. The Morgan fingerprint density at radius 3 is 3.25 bits per heavy atom. The van der Waals surface area contributed by atoms with E-state index in [1.165, 1.54) is 10.5 Å². The Bertz CT molecular complexity index is 456. The molecule has 2 aromatic rings. The summed E-state index contributed by atoms with van der Waals surface area (Å²) in [5, 5.41) is 0. The van der Waals surface area contributed by atoms with Crippen LogP contribution in [0.4, 0.5) is 0 Å². The van der Waals surface area contributed by atoms with Gasteiger partial charge in [0.15, 0.2) is 0 Å². The highest BCUT2D eigenvalue weighted by Crippen LogP contribution is 1.93. The highest BCUT2D eigenvalue weighted by atomic mass is 16.1. The molecule has 2 rings (SSSR count). The van der Waals surface area contributed by atoms with E-state index >= 15 is 0 Å². The zero-order valence-electron chi connectivity index (χ0n) is 6.32. The second-order valence-electron chi connectivity index (χ2n) is 2.46. The predicted molar refractivity (Wildman–Crippen MR) is 43.7 cm³/mol. The van der Waals surface area contributed by atoms with Crippen LogP contribution in [0.3, 0.4) is 0 Å². The summed E-state index contributed by atoms with van der Waals surface area (Å²) in [7, 11) is 0. The molecular weight excluding hydrogens is 156 g/mol. The minimum Gasteiger partial charge on any atom is -0.327 e. The first-order valence-electron chi connectivity index (χ1n) is 3.56. The first kappa shape index (κ1) is 7.05. The molecule has 0 aromatic carbocycles. The van der Waals surface area contributed by atoms with Gasteiger partial charge < -0.3 is 10.7 Å². The lowest BCUT2D eigenvalue weighted by molar-refractivity contribution is 0.942. The van der Waals surface area contributed by atoms with Gasteiger partial charge >= 0.3 is 0 Å². The predicted octanol–water partition coefficient (Wildman–Crippen LogP) is -0.519. The van der Waals surface area contributed by atoms with Crippen molar-refractivity contribution in [3.8, 4) is 0 Å². The number of aromatic nitrogens is 3. The van der Waals surface area contributed by atoms with Crippen molar-refractivity contribution in [2.75, 3.05) is 0 Å². The lowest BCUT2D eigenvalue weighted by Crippen LogP contribution is -2.15. The number of fused-ring (bicyclic) bond motifs is 1. The Morgan fingerprint density at radius 2 is 2.50 bits per heavy atom. The molecule has 0 unspecified atom stereocenters. The molecule has 0 bridgehead atoms.